The van der Waals surface area contributed by atoms with Crippen LogP contribution in [-0.2, 0) is 0 Å². The molecule has 166 valence electrons. The lowest BCUT2D eigenvalue weighted by Crippen LogP contribution is -2.09. The minimum absolute atomic E-state index is 0.0600. The van der Waals surface area contributed by atoms with Gasteiger partial charge in [-0.1, -0.05) is 54.6 Å². The Labute approximate surface area is 198 Å². The molecular weight excluding hydrogens is 422 g/mol. The van der Waals surface area contributed by atoms with Crippen molar-refractivity contribution in [1.82, 2.24) is 0 Å². The molecule has 0 amide bonds. The maximum absolute atomic E-state index is 12.4. The molecule has 0 aliphatic heterocycles. The second-order valence-electron chi connectivity index (χ2n) is 7.69. The number of nitrogens with zero attached hydrogens (tertiary/aromatic N) is 1. The number of benzene rings is 4. The number of carbonyl (C=O) groups excluding carboxylic acids is 2. The first kappa shape index (κ1) is 22.6. The van der Waals surface area contributed by atoms with Gasteiger partial charge in [-0.25, -0.2) is 4.79 Å². The van der Waals surface area contributed by atoms with Crippen molar-refractivity contribution in [2.45, 2.75) is 6.92 Å². The first-order chi connectivity index (χ1) is 16.6. The van der Waals surface area contributed by atoms with Gasteiger partial charge in [-0.05, 0) is 84.3 Å². The number of ketones is 1. The molecule has 0 atom stereocenters. The summed E-state index contributed by atoms with van der Waals surface area (Å²) >= 11 is 0. The molecule has 0 unspecified atom stereocenters. The van der Waals surface area contributed by atoms with Crippen LogP contribution in [0.2, 0.25) is 0 Å². The molecule has 4 aromatic rings. The molecule has 0 aliphatic rings. The number of esters is 1. The molecule has 0 spiro atoms. The highest BCUT2D eigenvalue weighted by Gasteiger charge is 2.10. The predicted molar refractivity (Wildman–Crippen MR) is 136 cm³/mol. The highest BCUT2D eigenvalue weighted by molar-refractivity contribution is 6.07. The van der Waals surface area contributed by atoms with Crippen molar-refractivity contribution in [3.8, 4) is 5.75 Å². The van der Waals surface area contributed by atoms with Gasteiger partial charge in [0.1, 0.15) is 5.75 Å². The number of aryl methyl sites for hydroxylation is 1. The molecule has 4 rings (SSSR count). The normalized spacial score (nSPS) is 11.1. The highest BCUT2D eigenvalue weighted by atomic mass is 16.5. The largest absolute Gasteiger partial charge is 0.423 e. The summed E-state index contributed by atoms with van der Waals surface area (Å²) < 4.78 is 5.46. The first-order valence-corrected chi connectivity index (χ1v) is 10.9. The average molecular weight is 446 g/mol. The van der Waals surface area contributed by atoms with Gasteiger partial charge < -0.3 is 4.74 Å². The number of allylic oxidation sites excluding steroid dienone is 1. The van der Waals surface area contributed by atoms with Crippen LogP contribution >= 0.6 is 0 Å². The van der Waals surface area contributed by atoms with Crippen molar-refractivity contribution in [3.05, 3.63) is 137 Å². The molecule has 0 saturated heterocycles. The van der Waals surface area contributed by atoms with Gasteiger partial charge >= 0.3 is 5.97 Å². The summed E-state index contributed by atoms with van der Waals surface area (Å²) in [6, 6.07) is 31.3. The van der Waals surface area contributed by atoms with E-state index >= 15 is 0 Å². The maximum Gasteiger partial charge on any atom is 0.343 e. The SMILES string of the molecule is Cc1ccccc1C(=O)Oc1ccc(C=Nc2ccc(C(=O)/C=C/c3ccccc3)cc2)cc1. The van der Waals surface area contributed by atoms with E-state index in [1.807, 2.05) is 67.6 Å². The van der Waals surface area contributed by atoms with E-state index in [0.717, 1.165) is 22.4 Å². The molecule has 0 radical (unpaired) electrons. The molecular formula is C30H23NO3. The van der Waals surface area contributed by atoms with E-state index in [-0.39, 0.29) is 11.8 Å². The van der Waals surface area contributed by atoms with E-state index in [1.165, 1.54) is 0 Å². The number of hydrogen-bond donors (Lipinski definition) is 0. The molecule has 0 bridgehead atoms. The van der Waals surface area contributed by atoms with Crippen LogP contribution in [0.4, 0.5) is 5.69 Å². The van der Waals surface area contributed by atoms with Gasteiger partial charge in [0, 0.05) is 11.8 Å². The zero-order chi connectivity index (χ0) is 23.8. The van der Waals surface area contributed by atoms with Crippen molar-refractivity contribution in [3.63, 3.8) is 0 Å². The first-order valence-electron chi connectivity index (χ1n) is 10.9. The molecule has 4 nitrogen and oxygen atoms in total. The van der Waals surface area contributed by atoms with Crippen molar-refractivity contribution >= 4 is 29.7 Å². The summed E-state index contributed by atoms with van der Waals surface area (Å²) in [6.45, 7) is 1.88. The van der Waals surface area contributed by atoms with Crippen LogP contribution in [0.3, 0.4) is 0 Å². The number of hydrogen-bond acceptors (Lipinski definition) is 4. The Kier molecular flexibility index (Phi) is 7.21. The fourth-order valence-electron chi connectivity index (χ4n) is 3.28. The van der Waals surface area contributed by atoms with Gasteiger partial charge in [-0.2, -0.15) is 0 Å². The van der Waals surface area contributed by atoms with E-state index in [1.54, 1.807) is 60.8 Å². The Morgan fingerprint density at radius 1 is 0.735 bits per heavy atom. The molecule has 0 heterocycles. The van der Waals surface area contributed by atoms with Gasteiger partial charge in [-0.3, -0.25) is 9.79 Å². The summed E-state index contributed by atoms with van der Waals surface area (Å²) in [5, 5.41) is 0. The Bertz CT molecular complexity index is 1340. The predicted octanol–water partition coefficient (Wildman–Crippen LogP) is 6.86. The highest BCUT2D eigenvalue weighted by Crippen LogP contribution is 2.17. The lowest BCUT2D eigenvalue weighted by molar-refractivity contribution is 0.0734. The molecule has 0 N–H and O–H groups in total. The molecule has 0 fully saturated rings. The quantitative estimate of drug-likeness (QED) is 0.103. The third-order valence-corrected chi connectivity index (χ3v) is 5.20. The van der Waals surface area contributed by atoms with Crippen LogP contribution in [0, 0.1) is 6.92 Å². The van der Waals surface area contributed by atoms with Gasteiger partial charge in [0.2, 0.25) is 0 Å². The molecule has 0 aromatic heterocycles. The van der Waals surface area contributed by atoms with Crippen molar-refractivity contribution in [2.75, 3.05) is 0 Å². The molecule has 34 heavy (non-hydrogen) atoms. The fourth-order valence-corrected chi connectivity index (χ4v) is 3.28. The smallest absolute Gasteiger partial charge is 0.343 e. The van der Waals surface area contributed by atoms with E-state index in [2.05, 4.69) is 4.99 Å². The fraction of sp³-hybridized carbons (Fsp3) is 0.0333. The van der Waals surface area contributed by atoms with Crippen molar-refractivity contribution < 1.29 is 14.3 Å². The topological polar surface area (TPSA) is 55.7 Å². The van der Waals surface area contributed by atoms with Crippen LogP contribution < -0.4 is 4.74 Å². The molecule has 4 aromatic carbocycles. The van der Waals surface area contributed by atoms with E-state index in [0.29, 0.717) is 16.9 Å². The van der Waals surface area contributed by atoms with Crippen LogP contribution in [0.15, 0.2) is 114 Å². The van der Waals surface area contributed by atoms with Crippen molar-refractivity contribution in [2.24, 2.45) is 4.99 Å². The molecule has 0 aliphatic carbocycles. The second kappa shape index (κ2) is 10.8. The molecule has 0 saturated carbocycles. The zero-order valence-electron chi connectivity index (χ0n) is 18.7. The van der Waals surface area contributed by atoms with Gasteiger partial charge in [0.15, 0.2) is 5.78 Å². The van der Waals surface area contributed by atoms with Crippen LogP contribution in [0.25, 0.3) is 6.08 Å². The summed E-state index contributed by atoms with van der Waals surface area (Å²) in [5.41, 5.74) is 4.60. The van der Waals surface area contributed by atoms with Gasteiger partial charge in [-0.15, -0.1) is 0 Å². The summed E-state index contributed by atoms with van der Waals surface area (Å²) in [5.74, 6) is 0.0276. The Morgan fingerprint density at radius 2 is 1.41 bits per heavy atom. The number of carbonyl (C=O) groups is 2. The minimum atomic E-state index is -0.382. The van der Waals surface area contributed by atoms with Gasteiger partial charge in [0.05, 0.1) is 11.3 Å². The number of rotatable bonds is 7. The summed E-state index contributed by atoms with van der Waals surface area (Å²) in [7, 11) is 0. The van der Waals surface area contributed by atoms with Crippen molar-refractivity contribution in [1.29, 1.82) is 0 Å². The average Bonchev–Trinajstić information content (AvgIpc) is 2.88. The third-order valence-electron chi connectivity index (χ3n) is 5.20. The molecule has 4 heteroatoms. The Hall–Kier alpha value is -4.57. The summed E-state index contributed by atoms with van der Waals surface area (Å²) in [6.07, 6.45) is 5.09. The summed E-state index contributed by atoms with van der Waals surface area (Å²) in [4.78, 5) is 29.2. The lowest BCUT2D eigenvalue weighted by atomic mass is 10.1. The second-order valence-corrected chi connectivity index (χ2v) is 7.69. The Morgan fingerprint density at radius 3 is 2.12 bits per heavy atom. The lowest BCUT2D eigenvalue weighted by Gasteiger charge is -2.06. The van der Waals surface area contributed by atoms with Gasteiger partial charge in [0.25, 0.3) is 0 Å². The number of aliphatic imine (C=N–C) groups is 1. The van der Waals surface area contributed by atoms with Crippen LogP contribution in [0.1, 0.15) is 37.4 Å². The minimum Gasteiger partial charge on any atom is -0.423 e. The number of ether oxygens (including phenoxy) is 1. The van der Waals surface area contributed by atoms with Crippen LogP contribution in [-0.4, -0.2) is 18.0 Å². The monoisotopic (exact) mass is 445 g/mol. The standard InChI is InChI=1S/C30H23NO3/c1-22-7-5-6-10-28(22)30(33)34-27-18-11-24(12-19-27)21-31-26-16-14-25(15-17-26)29(32)20-13-23-8-3-2-4-9-23/h2-21H,1H3/b20-13+,31-21?. The zero-order valence-corrected chi connectivity index (χ0v) is 18.7. The van der Waals surface area contributed by atoms with Crippen LogP contribution in [0.5, 0.6) is 5.75 Å². The van der Waals surface area contributed by atoms with E-state index in [4.69, 9.17) is 4.74 Å². The third kappa shape index (κ3) is 6.02. The maximum atomic E-state index is 12.4. The van der Waals surface area contributed by atoms with E-state index in [9.17, 15) is 9.59 Å². The van der Waals surface area contributed by atoms with E-state index < -0.39 is 0 Å². The Balaban J connectivity index is 1.35.